The predicted octanol–water partition coefficient (Wildman–Crippen LogP) is 2.96. The molecule has 5 heteroatoms. The molecule has 1 spiro atoms. The molecule has 1 unspecified atom stereocenters. The first-order valence-corrected chi connectivity index (χ1v) is 7.47. The van der Waals surface area contributed by atoms with Crippen molar-refractivity contribution in [1.29, 1.82) is 0 Å². The van der Waals surface area contributed by atoms with E-state index < -0.39 is 0 Å². The normalized spacial score (nSPS) is 27.5. The van der Waals surface area contributed by atoms with Crippen LogP contribution in [0.5, 0.6) is 0 Å². The van der Waals surface area contributed by atoms with Crippen molar-refractivity contribution in [1.82, 2.24) is 10.1 Å². The zero-order valence-corrected chi connectivity index (χ0v) is 11.9. The molecule has 2 aliphatic rings. The van der Waals surface area contributed by atoms with E-state index in [-0.39, 0.29) is 11.0 Å². The van der Waals surface area contributed by atoms with Crippen LogP contribution in [-0.4, -0.2) is 17.3 Å². The number of methoxy groups -OCH3 is 1. The summed E-state index contributed by atoms with van der Waals surface area (Å²) in [7, 11) is 1.80. The summed E-state index contributed by atoms with van der Waals surface area (Å²) in [5, 5.41) is 7.18. The minimum atomic E-state index is -0.298. The standard InChI is InChI=1S/C14H16N2O2S/c1-9-7-19-12(16-9)14(17-2)5-10-6-15-18-11(10)13(8-14)3-4-13/h6-7H,3-5,8H2,1-2H3. The van der Waals surface area contributed by atoms with Crippen LogP contribution in [0.25, 0.3) is 0 Å². The summed E-state index contributed by atoms with van der Waals surface area (Å²) in [6.07, 6.45) is 5.97. The third-order valence-electron chi connectivity index (χ3n) is 4.48. The van der Waals surface area contributed by atoms with Gasteiger partial charge in [0.2, 0.25) is 0 Å². The molecule has 1 atom stereocenters. The monoisotopic (exact) mass is 276 g/mol. The largest absolute Gasteiger partial charge is 0.371 e. The van der Waals surface area contributed by atoms with Crippen LogP contribution in [0, 0.1) is 6.92 Å². The van der Waals surface area contributed by atoms with E-state index in [1.165, 1.54) is 18.4 Å². The Bertz CT molecular complexity index is 629. The zero-order valence-electron chi connectivity index (χ0n) is 11.1. The van der Waals surface area contributed by atoms with Gasteiger partial charge in [0.25, 0.3) is 0 Å². The van der Waals surface area contributed by atoms with Crippen molar-refractivity contribution in [3.63, 3.8) is 0 Å². The van der Waals surface area contributed by atoms with E-state index in [9.17, 15) is 0 Å². The Morgan fingerprint density at radius 2 is 2.26 bits per heavy atom. The van der Waals surface area contributed by atoms with Gasteiger partial charge in [-0.25, -0.2) is 4.98 Å². The molecule has 0 saturated heterocycles. The van der Waals surface area contributed by atoms with Gasteiger partial charge >= 0.3 is 0 Å². The summed E-state index contributed by atoms with van der Waals surface area (Å²) in [6.45, 7) is 2.03. The Morgan fingerprint density at radius 3 is 2.89 bits per heavy atom. The Balaban J connectivity index is 1.83. The van der Waals surface area contributed by atoms with Crippen LogP contribution in [0.2, 0.25) is 0 Å². The second-order valence-electron chi connectivity index (χ2n) is 5.81. The highest BCUT2D eigenvalue weighted by Gasteiger charge is 2.59. The lowest BCUT2D eigenvalue weighted by Gasteiger charge is -2.37. The number of thiazole rings is 1. The van der Waals surface area contributed by atoms with Gasteiger partial charge in [0.05, 0.1) is 6.20 Å². The van der Waals surface area contributed by atoms with Gasteiger partial charge in [-0.1, -0.05) is 5.16 Å². The fourth-order valence-electron chi connectivity index (χ4n) is 3.32. The van der Waals surface area contributed by atoms with Gasteiger partial charge in [0.15, 0.2) is 0 Å². The van der Waals surface area contributed by atoms with Gasteiger partial charge in [-0.2, -0.15) is 0 Å². The first-order valence-electron chi connectivity index (χ1n) is 6.59. The highest BCUT2D eigenvalue weighted by molar-refractivity contribution is 7.09. The number of hydrogen-bond acceptors (Lipinski definition) is 5. The molecule has 2 heterocycles. The second-order valence-corrected chi connectivity index (χ2v) is 6.66. The average Bonchev–Trinajstić information content (AvgIpc) is 2.83. The molecule has 0 aliphatic heterocycles. The summed E-state index contributed by atoms with van der Waals surface area (Å²) in [4.78, 5) is 4.67. The topological polar surface area (TPSA) is 48.2 Å². The van der Waals surface area contributed by atoms with Crippen molar-refractivity contribution < 1.29 is 9.26 Å². The summed E-state index contributed by atoms with van der Waals surface area (Å²) < 4.78 is 11.4. The van der Waals surface area contributed by atoms with Crippen molar-refractivity contribution >= 4 is 11.3 Å². The highest BCUT2D eigenvalue weighted by Crippen LogP contribution is 2.60. The Morgan fingerprint density at radius 1 is 1.42 bits per heavy atom. The van der Waals surface area contributed by atoms with E-state index in [0.29, 0.717) is 0 Å². The van der Waals surface area contributed by atoms with E-state index in [2.05, 4.69) is 15.5 Å². The molecule has 4 nitrogen and oxygen atoms in total. The molecule has 1 fully saturated rings. The first-order chi connectivity index (χ1) is 9.17. The van der Waals surface area contributed by atoms with Crippen LogP contribution in [-0.2, 0) is 22.2 Å². The lowest BCUT2D eigenvalue weighted by molar-refractivity contribution is -0.0395. The molecule has 0 amide bonds. The van der Waals surface area contributed by atoms with Crippen LogP contribution in [0.3, 0.4) is 0 Å². The minimum absolute atomic E-state index is 0.152. The quantitative estimate of drug-likeness (QED) is 0.846. The van der Waals surface area contributed by atoms with Crippen LogP contribution >= 0.6 is 11.3 Å². The maximum Gasteiger partial charge on any atom is 0.146 e. The summed E-state index contributed by atoms with van der Waals surface area (Å²) in [5.74, 6) is 1.09. The molecular formula is C14H16N2O2S. The zero-order chi connectivity index (χ0) is 13.1. The lowest BCUT2D eigenvalue weighted by Crippen LogP contribution is -2.39. The minimum Gasteiger partial charge on any atom is -0.371 e. The highest BCUT2D eigenvalue weighted by atomic mass is 32.1. The van der Waals surface area contributed by atoms with Crippen LogP contribution in [0.4, 0.5) is 0 Å². The SMILES string of the molecule is COC1(c2nc(C)cs2)Cc2cnoc2C2(CC2)C1. The van der Waals surface area contributed by atoms with Gasteiger partial charge in [0, 0.05) is 35.6 Å². The second kappa shape index (κ2) is 3.67. The number of hydrogen-bond donors (Lipinski definition) is 0. The number of aromatic nitrogens is 2. The number of nitrogens with zero attached hydrogens (tertiary/aromatic N) is 2. The van der Waals surface area contributed by atoms with Crippen LogP contribution in [0.1, 0.15) is 41.3 Å². The molecule has 2 aromatic heterocycles. The fraction of sp³-hybridized carbons (Fsp3) is 0.571. The van der Waals surface area contributed by atoms with Crippen molar-refractivity contribution in [3.8, 4) is 0 Å². The third kappa shape index (κ3) is 1.55. The third-order valence-corrected chi connectivity index (χ3v) is 5.62. The van der Waals surface area contributed by atoms with Crippen molar-refractivity contribution in [2.45, 2.75) is 43.6 Å². The van der Waals surface area contributed by atoms with E-state index in [1.807, 2.05) is 13.1 Å². The van der Waals surface area contributed by atoms with Crippen molar-refractivity contribution in [2.24, 2.45) is 0 Å². The molecule has 2 aliphatic carbocycles. The van der Waals surface area contributed by atoms with Crippen LogP contribution in [0.15, 0.2) is 16.1 Å². The van der Waals surface area contributed by atoms with Crippen molar-refractivity contribution in [3.05, 3.63) is 33.6 Å². The number of aryl methyl sites for hydroxylation is 1. The maximum atomic E-state index is 5.96. The van der Waals surface area contributed by atoms with Gasteiger partial charge in [-0.15, -0.1) is 11.3 Å². The molecule has 100 valence electrons. The summed E-state index contributed by atoms with van der Waals surface area (Å²) >= 11 is 1.70. The van der Waals surface area contributed by atoms with E-state index in [1.54, 1.807) is 18.4 Å². The first kappa shape index (κ1) is 11.6. The Kier molecular flexibility index (Phi) is 2.24. The molecule has 0 aromatic carbocycles. The lowest BCUT2D eigenvalue weighted by atomic mass is 9.75. The molecule has 0 bridgehead atoms. The Hall–Kier alpha value is -1.20. The van der Waals surface area contributed by atoms with E-state index in [4.69, 9.17) is 9.26 Å². The maximum absolute atomic E-state index is 5.96. The fourth-order valence-corrected chi connectivity index (χ4v) is 4.30. The van der Waals surface area contributed by atoms with Crippen LogP contribution < -0.4 is 0 Å². The van der Waals surface area contributed by atoms with Crippen molar-refractivity contribution in [2.75, 3.05) is 7.11 Å². The van der Waals surface area contributed by atoms with E-state index >= 15 is 0 Å². The van der Waals surface area contributed by atoms with Gasteiger partial charge < -0.3 is 9.26 Å². The predicted molar refractivity (Wildman–Crippen MR) is 71.3 cm³/mol. The number of ether oxygens (including phenoxy) is 1. The molecule has 0 N–H and O–H groups in total. The van der Waals surface area contributed by atoms with Gasteiger partial charge in [-0.3, -0.25) is 0 Å². The number of rotatable bonds is 2. The molecular weight excluding hydrogens is 260 g/mol. The Labute approximate surface area is 115 Å². The van der Waals surface area contributed by atoms with Gasteiger partial charge in [0.1, 0.15) is 16.4 Å². The summed E-state index contributed by atoms with van der Waals surface area (Å²) in [5.41, 5.74) is 2.11. The van der Waals surface area contributed by atoms with E-state index in [0.717, 1.165) is 29.3 Å². The smallest absolute Gasteiger partial charge is 0.146 e. The average molecular weight is 276 g/mol. The molecule has 19 heavy (non-hydrogen) atoms. The van der Waals surface area contributed by atoms with Gasteiger partial charge in [-0.05, 0) is 26.2 Å². The summed E-state index contributed by atoms with van der Waals surface area (Å²) in [6, 6.07) is 0. The molecule has 4 rings (SSSR count). The molecule has 2 aromatic rings. The number of fused-ring (bicyclic) bond motifs is 2. The molecule has 0 radical (unpaired) electrons. The molecule has 1 saturated carbocycles.